The van der Waals surface area contributed by atoms with Gasteiger partial charge in [-0.15, -0.1) is 0 Å². The number of rotatable bonds is 7. The Kier molecular flexibility index (Phi) is 6.41. The number of hydrogen-bond acceptors (Lipinski definition) is 6. The lowest BCUT2D eigenvalue weighted by Gasteiger charge is -2.14. The van der Waals surface area contributed by atoms with Gasteiger partial charge >= 0.3 is 0 Å². The molecule has 0 aliphatic carbocycles. The molecule has 0 fully saturated rings. The molecule has 0 aliphatic heterocycles. The molecule has 1 aromatic carbocycles. The van der Waals surface area contributed by atoms with Crippen molar-refractivity contribution in [1.29, 1.82) is 0 Å². The molecule has 0 spiro atoms. The van der Waals surface area contributed by atoms with Gasteiger partial charge in [-0.3, -0.25) is 4.99 Å². The summed E-state index contributed by atoms with van der Waals surface area (Å²) in [5.74, 6) is 3.45. The van der Waals surface area contributed by atoms with Gasteiger partial charge in [0.15, 0.2) is 11.8 Å². The van der Waals surface area contributed by atoms with Crippen molar-refractivity contribution in [3.8, 4) is 11.5 Å². The molecule has 8 heteroatoms. The van der Waals surface area contributed by atoms with Gasteiger partial charge in [-0.1, -0.05) is 5.16 Å². The Morgan fingerprint density at radius 3 is 2.71 bits per heavy atom. The standard InChI is InChI=1S/C16H23N5O3/c1-11-20-15(24-21-11)7-8-18-16(17-2)19-10-12-5-6-13(22-3)9-14(12)23-4/h5-6,9H,7-8,10H2,1-4H3,(H2,17,18,19). The Bertz CT molecular complexity index is 684. The maximum Gasteiger partial charge on any atom is 0.228 e. The van der Waals surface area contributed by atoms with Crippen LogP contribution in [0.5, 0.6) is 11.5 Å². The fourth-order valence-electron chi connectivity index (χ4n) is 2.13. The highest BCUT2D eigenvalue weighted by Gasteiger charge is 2.07. The van der Waals surface area contributed by atoms with Crippen LogP contribution in [0.2, 0.25) is 0 Å². The number of aryl methyl sites for hydroxylation is 1. The highest BCUT2D eigenvalue weighted by atomic mass is 16.5. The van der Waals surface area contributed by atoms with Gasteiger partial charge in [-0.05, 0) is 19.1 Å². The molecule has 2 aromatic rings. The molecule has 1 heterocycles. The van der Waals surface area contributed by atoms with E-state index in [0.29, 0.717) is 37.2 Å². The number of hydrogen-bond donors (Lipinski definition) is 2. The number of nitrogens with one attached hydrogen (secondary N) is 2. The van der Waals surface area contributed by atoms with E-state index in [0.717, 1.165) is 17.1 Å². The van der Waals surface area contributed by atoms with Crippen LogP contribution in [0.4, 0.5) is 0 Å². The molecule has 0 saturated carbocycles. The average Bonchev–Trinajstić information content (AvgIpc) is 3.03. The molecule has 2 rings (SSSR count). The molecule has 2 N–H and O–H groups in total. The predicted molar refractivity (Wildman–Crippen MR) is 90.5 cm³/mol. The van der Waals surface area contributed by atoms with E-state index in [1.165, 1.54) is 0 Å². The molecular formula is C16H23N5O3. The van der Waals surface area contributed by atoms with Crippen LogP contribution >= 0.6 is 0 Å². The summed E-state index contributed by atoms with van der Waals surface area (Å²) in [4.78, 5) is 8.35. The van der Waals surface area contributed by atoms with Gasteiger partial charge in [0, 0.05) is 38.2 Å². The Hall–Kier alpha value is -2.77. The molecule has 0 radical (unpaired) electrons. The molecule has 0 bridgehead atoms. The van der Waals surface area contributed by atoms with E-state index in [9.17, 15) is 0 Å². The molecule has 0 saturated heterocycles. The Balaban J connectivity index is 1.85. The number of benzene rings is 1. The van der Waals surface area contributed by atoms with Crippen molar-refractivity contribution in [3.05, 3.63) is 35.5 Å². The summed E-state index contributed by atoms with van der Waals surface area (Å²) in [7, 11) is 4.98. The first-order valence-corrected chi connectivity index (χ1v) is 7.61. The zero-order valence-electron chi connectivity index (χ0n) is 14.4. The highest BCUT2D eigenvalue weighted by Crippen LogP contribution is 2.24. The second-order valence-corrected chi connectivity index (χ2v) is 5.02. The first-order valence-electron chi connectivity index (χ1n) is 7.61. The van der Waals surface area contributed by atoms with Crippen LogP contribution in [0.3, 0.4) is 0 Å². The number of ether oxygens (including phenoxy) is 2. The van der Waals surface area contributed by atoms with E-state index in [1.54, 1.807) is 28.2 Å². The number of nitrogens with zero attached hydrogens (tertiary/aromatic N) is 3. The summed E-state index contributed by atoms with van der Waals surface area (Å²) in [6, 6.07) is 5.71. The highest BCUT2D eigenvalue weighted by molar-refractivity contribution is 5.79. The summed E-state index contributed by atoms with van der Waals surface area (Å²) in [5, 5.41) is 10.2. The molecule has 24 heavy (non-hydrogen) atoms. The van der Waals surface area contributed by atoms with Crippen molar-refractivity contribution in [2.24, 2.45) is 4.99 Å². The molecule has 0 unspecified atom stereocenters. The lowest BCUT2D eigenvalue weighted by Crippen LogP contribution is -2.37. The average molecular weight is 333 g/mol. The number of aromatic nitrogens is 2. The summed E-state index contributed by atoms with van der Waals surface area (Å²) in [6.07, 6.45) is 0.632. The first-order chi connectivity index (χ1) is 11.7. The van der Waals surface area contributed by atoms with Crippen LogP contribution < -0.4 is 20.1 Å². The lowest BCUT2D eigenvalue weighted by molar-refractivity contribution is 0.374. The third-order valence-electron chi connectivity index (χ3n) is 3.37. The third kappa shape index (κ3) is 4.87. The largest absolute Gasteiger partial charge is 0.497 e. The molecule has 0 amide bonds. The van der Waals surface area contributed by atoms with Crippen molar-refractivity contribution in [1.82, 2.24) is 20.8 Å². The normalized spacial score (nSPS) is 11.2. The second kappa shape index (κ2) is 8.76. The lowest BCUT2D eigenvalue weighted by atomic mass is 10.2. The quantitative estimate of drug-likeness (QED) is 0.582. The minimum Gasteiger partial charge on any atom is -0.497 e. The predicted octanol–water partition coefficient (Wildman–Crippen LogP) is 1.30. The van der Waals surface area contributed by atoms with Crippen LogP contribution in [-0.4, -0.2) is 43.9 Å². The maximum atomic E-state index is 5.39. The van der Waals surface area contributed by atoms with Crippen molar-refractivity contribution in [3.63, 3.8) is 0 Å². The first kappa shape index (κ1) is 17.6. The third-order valence-corrected chi connectivity index (χ3v) is 3.37. The minimum atomic E-state index is 0.576. The van der Waals surface area contributed by atoms with E-state index in [2.05, 4.69) is 25.8 Å². The van der Waals surface area contributed by atoms with Gasteiger partial charge in [0.05, 0.1) is 14.2 Å². The molecular weight excluding hydrogens is 310 g/mol. The van der Waals surface area contributed by atoms with Crippen LogP contribution in [0, 0.1) is 6.92 Å². The molecule has 1 aromatic heterocycles. The Morgan fingerprint density at radius 1 is 1.25 bits per heavy atom. The number of methoxy groups -OCH3 is 2. The summed E-state index contributed by atoms with van der Waals surface area (Å²) < 4.78 is 15.7. The van der Waals surface area contributed by atoms with Crippen LogP contribution in [-0.2, 0) is 13.0 Å². The molecule has 0 aliphatic rings. The van der Waals surface area contributed by atoms with E-state index in [-0.39, 0.29) is 0 Å². The topological polar surface area (TPSA) is 93.8 Å². The summed E-state index contributed by atoms with van der Waals surface area (Å²) >= 11 is 0. The molecule has 8 nitrogen and oxygen atoms in total. The van der Waals surface area contributed by atoms with Crippen molar-refractivity contribution < 1.29 is 14.0 Å². The van der Waals surface area contributed by atoms with Crippen molar-refractivity contribution in [2.75, 3.05) is 27.8 Å². The van der Waals surface area contributed by atoms with Gasteiger partial charge in [-0.25, -0.2) is 0 Å². The van der Waals surface area contributed by atoms with Crippen LogP contribution in [0.25, 0.3) is 0 Å². The molecule has 0 atom stereocenters. The summed E-state index contributed by atoms with van der Waals surface area (Å²) in [5.41, 5.74) is 1.01. The van der Waals surface area contributed by atoms with Gasteiger partial charge < -0.3 is 24.6 Å². The molecule has 130 valence electrons. The minimum absolute atomic E-state index is 0.576. The van der Waals surface area contributed by atoms with E-state index in [4.69, 9.17) is 14.0 Å². The zero-order chi connectivity index (χ0) is 17.4. The van der Waals surface area contributed by atoms with Crippen molar-refractivity contribution in [2.45, 2.75) is 19.9 Å². The van der Waals surface area contributed by atoms with E-state index >= 15 is 0 Å². The Labute approximate surface area is 141 Å². The van der Waals surface area contributed by atoms with Gasteiger partial charge in [0.25, 0.3) is 0 Å². The fourth-order valence-corrected chi connectivity index (χ4v) is 2.13. The number of aliphatic imine (C=N–C) groups is 1. The Morgan fingerprint density at radius 2 is 2.08 bits per heavy atom. The van der Waals surface area contributed by atoms with Gasteiger partial charge in [0.1, 0.15) is 11.5 Å². The number of guanidine groups is 1. The second-order valence-electron chi connectivity index (χ2n) is 5.02. The smallest absolute Gasteiger partial charge is 0.228 e. The summed E-state index contributed by atoms with van der Waals surface area (Å²) in [6.45, 7) is 3.01. The van der Waals surface area contributed by atoms with Crippen LogP contribution in [0.1, 0.15) is 17.3 Å². The van der Waals surface area contributed by atoms with E-state index < -0.39 is 0 Å². The van der Waals surface area contributed by atoms with E-state index in [1.807, 2.05) is 18.2 Å². The van der Waals surface area contributed by atoms with Gasteiger partial charge in [-0.2, -0.15) is 4.98 Å². The zero-order valence-corrected chi connectivity index (χ0v) is 14.4. The van der Waals surface area contributed by atoms with Crippen molar-refractivity contribution >= 4 is 5.96 Å². The maximum absolute atomic E-state index is 5.39. The van der Waals surface area contributed by atoms with Gasteiger partial charge in [0.2, 0.25) is 5.89 Å². The monoisotopic (exact) mass is 333 g/mol. The SMILES string of the molecule is CN=C(NCCc1nc(C)no1)NCc1ccc(OC)cc1OC. The van der Waals surface area contributed by atoms with Crippen LogP contribution in [0.15, 0.2) is 27.7 Å². The fraction of sp³-hybridized carbons (Fsp3) is 0.438.